The average molecular weight is 357 g/mol. The van der Waals surface area contributed by atoms with Gasteiger partial charge in [0.05, 0.1) is 6.61 Å². The van der Waals surface area contributed by atoms with E-state index in [4.69, 9.17) is 16.3 Å². The zero-order valence-corrected chi connectivity index (χ0v) is 14.8. The van der Waals surface area contributed by atoms with Crippen LogP contribution in [0.25, 0.3) is 0 Å². The van der Waals surface area contributed by atoms with Crippen molar-refractivity contribution in [3.63, 3.8) is 0 Å². The number of carbonyl (C=O) groups excluding carboxylic acids is 1. The van der Waals surface area contributed by atoms with Crippen LogP contribution in [0.4, 0.5) is 5.69 Å². The minimum absolute atomic E-state index is 0.0860. The Morgan fingerprint density at radius 3 is 2.48 bits per heavy atom. The van der Waals surface area contributed by atoms with Gasteiger partial charge in [-0.2, -0.15) is 0 Å². The van der Waals surface area contributed by atoms with Gasteiger partial charge in [0.1, 0.15) is 0 Å². The molecule has 1 amide bonds. The summed E-state index contributed by atoms with van der Waals surface area (Å²) in [4.78, 5) is 17.2. The lowest BCUT2D eigenvalue weighted by Gasteiger charge is -2.38. The van der Waals surface area contributed by atoms with Crippen molar-refractivity contribution < 1.29 is 9.53 Å². The van der Waals surface area contributed by atoms with Crippen molar-refractivity contribution in [1.29, 1.82) is 0 Å². The number of nitrogens with zero attached hydrogens (tertiary/aromatic N) is 2. The van der Waals surface area contributed by atoms with Gasteiger partial charge in [-0.15, -0.1) is 0 Å². The maximum atomic E-state index is 13.0. The van der Waals surface area contributed by atoms with Gasteiger partial charge in [-0.05, 0) is 41.8 Å². The predicted molar refractivity (Wildman–Crippen MR) is 99.1 cm³/mol. The Bertz CT molecular complexity index is 755. The number of fused-ring (bicyclic) bond motifs is 1. The smallest absolute Gasteiger partial charge is 0.256 e. The van der Waals surface area contributed by atoms with Crippen LogP contribution in [0.2, 0.25) is 5.02 Å². The van der Waals surface area contributed by atoms with Crippen molar-refractivity contribution in [2.45, 2.75) is 12.5 Å². The van der Waals surface area contributed by atoms with E-state index in [1.54, 1.807) is 0 Å². The fourth-order valence-electron chi connectivity index (χ4n) is 3.60. The Balaban J connectivity index is 1.43. The summed E-state index contributed by atoms with van der Waals surface area (Å²) in [6, 6.07) is 16.0. The van der Waals surface area contributed by atoms with Crippen LogP contribution in [0.5, 0.6) is 0 Å². The molecule has 1 atom stereocenters. The molecule has 2 aromatic rings. The molecule has 4 rings (SSSR count). The second-order valence-corrected chi connectivity index (χ2v) is 6.92. The molecule has 1 unspecified atom stereocenters. The number of hydrogen-bond donors (Lipinski definition) is 0. The standard InChI is InChI=1S/C20H21ClN2O2/c21-16-5-7-17(8-6-16)22-10-12-23(13-11-22)20(24)19-18-4-2-1-3-15(18)9-14-25-19/h1-8,19H,9-14H2. The van der Waals surface area contributed by atoms with E-state index in [0.717, 1.165) is 35.8 Å². The Kier molecular flexibility index (Phi) is 4.64. The molecule has 5 heteroatoms. The molecular weight excluding hydrogens is 336 g/mol. The van der Waals surface area contributed by atoms with Gasteiger partial charge < -0.3 is 14.5 Å². The second-order valence-electron chi connectivity index (χ2n) is 6.49. The molecule has 1 fully saturated rings. The van der Waals surface area contributed by atoms with Gasteiger partial charge in [-0.1, -0.05) is 35.9 Å². The lowest BCUT2D eigenvalue weighted by molar-refractivity contribution is -0.145. The first-order chi connectivity index (χ1) is 12.2. The molecule has 4 nitrogen and oxygen atoms in total. The number of halogens is 1. The summed E-state index contributed by atoms with van der Waals surface area (Å²) >= 11 is 5.96. The van der Waals surface area contributed by atoms with Crippen LogP contribution in [-0.4, -0.2) is 43.6 Å². The molecule has 0 N–H and O–H groups in total. The molecular formula is C20H21ClN2O2. The highest BCUT2D eigenvalue weighted by Gasteiger charge is 2.32. The van der Waals surface area contributed by atoms with E-state index in [0.29, 0.717) is 19.7 Å². The summed E-state index contributed by atoms with van der Waals surface area (Å²) in [5.41, 5.74) is 3.40. The first-order valence-electron chi connectivity index (χ1n) is 8.71. The molecule has 0 bridgehead atoms. The molecule has 25 heavy (non-hydrogen) atoms. The number of anilines is 1. The normalized spacial score (nSPS) is 20.3. The number of benzene rings is 2. The van der Waals surface area contributed by atoms with E-state index in [2.05, 4.69) is 11.0 Å². The fourth-order valence-corrected chi connectivity index (χ4v) is 3.73. The maximum Gasteiger partial charge on any atom is 0.256 e. The third kappa shape index (κ3) is 3.37. The van der Waals surface area contributed by atoms with Crippen molar-refractivity contribution in [3.05, 3.63) is 64.7 Å². The second kappa shape index (κ2) is 7.06. The van der Waals surface area contributed by atoms with Crippen LogP contribution in [0.1, 0.15) is 17.2 Å². The summed E-state index contributed by atoms with van der Waals surface area (Å²) in [5, 5.41) is 0.741. The zero-order valence-electron chi connectivity index (χ0n) is 14.0. The number of amides is 1. The number of carbonyl (C=O) groups is 1. The average Bonchev–Trinajstić information content (AvgIpc) is 2.68. The van der Waals surface area contributed by atoms with E-state index in [9.17, 15) is 4.79 Å². The number of hydrogen-bond acceptors (Lipinski definition) is 3. The summed E-state index contributed by atoms with van der Waals surface area (Å²) in [5.74, 6) is 0.0860. The Labute approximate surface area is 152 Å². The van der Waals surface area contributed by atoms with Crippen molar-refractivity contribution in [3.8, 4) is 0 Å². The predicted octanol–water partition coefficient (Wildman–Crippen LogP) is 3.30. The largest absolute Gasteiger partial charge is 0.368 e. The Hall–Kier alpha value is -2.04. The van der Waals surface area contributed by atoms with Crippen LogP contribution >= 0.6 is 11.6 Å². The number of rotatable bonds is 2. The zero-order chi connectivity index (χ0) is 17.2. The van der Waals surface area contributed by atoms with E-state index < -0.39 is 6.10 Å². The van der Waals surface area contributed by atoms with Crippen molar-refractivity contribution >= 4 is 23.2 Å². The van der Waals surface area contributed by atoms with Crippen molar-refractivity contribution in [1.82, 2.24) is 4.90 Å². The Morgan fingerprint density at radius 1 is 1.00 bits per heavy atom. The topological polar surface area (TPSA) is 32.8 Å². The first kappa shape index (κ1) is 16.4. The van der Waals surface area contributed by atoms with Crippen molar-refractivity contribution in [2.24, 2.45) is 0 Å². The lowest BCUT2D eigenvalue weighted by atomic mass is 9.96. The third-order valence-corrected chi connectivity index (χ3v) is 5.25. The minimum Gasteiger partial charge on any atom is -0.368 e. The molecule has 0 spiro atoms. The van der Waals surface area contributed by atoms with E-state index in [-0.39, 0.29) is 5.91 Å². The molecule has 1 saturated heterocycles. The number of piperazine rings is 1. The summed E-state index contributed by atoms with van der Waals surface area (Å²) in [7, 11) is 0. The van der Waals surface area contributed by atoms with Gasteiger partial charge in [0.2, 0.25) is 0 Å². The fraction of sp³-hybridized carbons (Fsp3) is 0.350. The van der Waals surface area contributed by atoms with E-state index in [1.807, 2.05) is 47.4 Å². The van der Waals surface area contributed by atoms with Gasteiger partial charge >= 0.3 is 0 Å². The molecule has 0 radical (unpaired) electrons. The highest BCUT2D eigenvalue weighted by molar-refractivity contribution is 6.30. The Morgan fingerprint density at radius 2 is 1.72 bits per heavy atom. The van der Waals surface area contributed by atoms with Crippen LogP contribution < -0.4 is 4.90 Å². The lowest BCUT2D eigenvalue weighted by Crippen LogP contribution is -2.50. The number of ether oxygens (including phenoxy) is 1. The maximum absolute atomic E-state index is 13.0. The highest BCUT2D eigenvalue weighted by atomic mass is 35.5. The summed E-state index contributed by atoms with van der Waals surface area (Å²) in [6.45, 7) is 3.68. The minimum atomic E-state index is -0.452. The van der Waals surface area contributed by atoms with Gasteiger partial charge in [-0.3, -0.25) is 4.79 Å². The molecule has 2 aromatic carbocycles. The molecule has 0 aromatic heterocycles. The first-order valence-corrected chi connectivity index (χ1v) is 9.09. The molecule has 130 valence electrons. The van der Waals surface area contributed by atoms with Gasteiger partial charge in [0.25, 0.3) is 5.91 Å². The van der Waals surface area contributed by atoms with Crippen molar-refractivity contribution in [2.75, 3.05) is 37.7 Å². The third-order valence-electron chi connectivity index (χ3n) is 5.00. The molecule has 2 aliphatic rings. The molecule has 2 aliphatic heterocycles. The van der Waals surface area contributed by atoms with Gasteiger partial charge in [0.15, 0.2) is 6.10 Å². The van der Waals surface area contributed by atoms with Crippen LogP contribution in [-0.2, 0) is 16.0 Å². The summed E-state index contributed by atoms with van der Waals surface area (Å²) < 4.78 is 5.82. The quantitative estimate of drug-likeness (QED) is 0.827. The van der Waals surface area contributed by atoms with E-state index >= 15 is 0 Å². The van der Waals surface area contributed by atoms with Crippen LogP contribution in [0.3, 0.4) is 0 Å². The van der Waals surface area contributed by atoms with Crippen LogP contribution in [0, 0.1) is 0 Å². The SMILES string of the molecule is O=C(C1OCCc2ccccc21)N1CCN(c2ccc(Cl)cc2)CC1. The molecule has 0 aliphatic carbocycles. The summed E-state index contributed by atoms with van der Waals surface area (Å²) in [6.07, 6.45) is 0.427. The molecule has 2 heterocycles. The highest BCUT2D eigenvalue weighted by Crippen LogP contribution is 2.29. The van der Waals surface area contributed by atoms with Gasteiger partial charge in [-0.25, -0.2) is 0 Å². The van der Waals surface area contributed by atoms with E-state index in [1.165, 1.54) is 5.56 Å². The monoisotopic (exact) mass is 356 g/mol. The van der Waals surface area contributed by atoms with Gasteiger partial charge in [0, 0.05) is 36.9 Å². The van der Waals surface area contributed by atoms with Crippen LogP contribution in [0.15, 0.2) is 48.5 Å². The molecule has 0 saturated carbocycles.